The van der Waals surface area contributed by atoms with Crippen molar-refractivity contribution in [2.45, 2.75) is 25.8 Å². The normalized spacial score (nSPS) is 19.6. The van der Waals surface area contributed by atoms with Crippen molar-refractivity contribution in [2.75, 3.05) is 32.1 Å². The Morgan fingerprint density at radius 2 is 2.35 bits per heavy atom. The summed E-state index contributed by atoms with van der Waals surface area (Å²) in [4.78, 5) is 13.2. The second-order valence-electron chi connectivity index (χ2n) is 5.09. The standard InChI is InChI=1S/C14H21N3O3/c1-3-20-13-8-4-7-12(14(13)17(18)19)15-11-6-5-9-16(2)10-11/h4,7-8,11,15H,3,5-6,9-10H2,1-2H3. The molecule has 0 aliphatic carbocycles. The van der Waals surface area contributed by atoms with Gasteiger partial charge in [-0.1, -0.05) is 6.07 Å². The Kier molecular flexibility index (Phi) is 4.79. The number of nitrogens with zero attached hydrogens (tertiary/aromatic N) is 2. The fourth-order valence-corrected chi connectivity index (χ4v) is 2.60. The van der Waals surface area contributed by atoms with E-state index < -0.39 is 0 Å². The van der Waals surface area contributed by atoms with Crippen molar-refractivity contribution in [1.82, 2.24) is 4.90 Å². The first-order valence-corrected chi connectivity index (χ1v) is 6.97. The van der Waals surface area contributed by atoms with Gasteiger partial charge in [-0.05, 0) is 45.5 Å². The predicted octanol–water partition coefficient (Wildman–Crippen LogP) is 2.50. The molecule has 1 fully saturated rings. The van der Waals surface area contributed by atoms with Gasteiger partial charge < -0.3 is 15.0 Å². The lowest BCUT2D eigenvalue weighted by Crippen LogP contribution is -2.39. The highest BCUT2D eigenvalue weighted by atomic mass is 16.6. The molecular weight excluding hydrogens is 258 g/mol. The third-order valence-corrected chi connectivity index (χ3v) is 3.47. The van der Waals surface area contributed by atoms with Gasteiger partial charge in [0.2, 0.25) is 0 Å². The minimum absolute atomic E-state index is 0.0302. The highest BCUT2D eigenvalue weighted by Gasteiger charge is 2.24. The van der Waals surface area contributed by atoms with E-state index in [1.165, 1.54) is 0 Å². The molecule has 110 valence electrons. The zero-order valence-electron chi connectivity index (χ0n) is 12.0. The van der Waals surface area contributed by atoms with Crippen LogP contribution in [-0.2, 0) is 0 Å². The smallest absolute Gasteiger partial charge is 0.333 e. The quantitative estimate of drug-likeness (QED) is 0.662. The lowest BCUT2D eigenvalue weighted by molar-refractivity contribution is -0.385. The van der Waals surface area contributed by atoms with E-state index in [-0.39, 0.29) is 16.7 Å². The van der Waals surface area contributed by atoms with Gasteiger partial charge in [0.1, 0.15) is 5.69 Å². The Hall–Kier alpha value is -1.82. The number of piperidine rings is 1. The van der Waals surface area contributed by atoms with Gasteiger partial charge in [0.25, 0.3) is 0 Å². The van der Waals surface area contributed by atoms with E-state index in [0.717, 1.165) is 25.9 Å². The summed E-state index contributed by atoms with van der Waals surface area (Å²) in [5, 5.41) is 14.6. The molecule has 1 N–H and O–H groups in total. The van der Waals surface area contributed by atoms with E-state index in [9.17, 15) is 10.1 Å². The van der Waals surface area contributed by atoms with Crippen LogP contribution in [0.1, 0.15) is 19.8 Å². The first kappa shape index (κ1) is 14.6. The van der Waals surface area contributed by atoms with Gasteiger partial charge in [0.15, 0.2) is 5.75 Å². The fourth-order valence-electron chi connectivity index (χ4n) is 2.60. The number of para-hydroxylation sites is 1. The number of hydrogen-bond donors (Lipinski definition) is 1. The van der Waals surface area contributed by atoms with E-state index in [1.54, 1.807) is 18.2 Å². The molecule has 0 radical (unpaired) electrons. The molecule has 1 aromatic rings. The van der Waals surface area contributed by atoms with Crippen LogP contribution in [-0.4, -0.2) is 42.6 Å². The van der Waals surface area contributed by atoms with Crippen LogP contribution in [0.4, 0.5) is 11.4 Å². The average Bonchev–Trinajstić information content (AvgIpc) is 2.39. The molecule has 6 nitrogen and oxygen atoms in total. The Bertz CT molecular complexity index is 479. The monoisotopic (exact) mass is 279 g/mol. The van der Waals surface area contributed by atoms with Gasteiger partial charge >= 0.3 is 5.69 Å². The molecule has 0 amide bonds. The summed E-state index contributed by atoms with van der Waals surface area (Å²) in [5.41, 5.74) is 0.573. The van der Waals surface area contributed by atoms with Crippen LogP contribution >= 0.6 is 0 Å². The molecule has 1 aliphatic rings. The van der Waals surface area contributed by atoms with Crippen molar-refractivity contribution >= 4 is 11.4 Å². The summed E-state index contributed by atoms with van der Waals surface area (Å²) < 4.78 is 5.36. The molecule has 1 aliphatic heterocycles. The van der Waals surface area contributed by atoms with Gasteiger partial charge in [0.05, 0.1) is 11.5 Å². The van der Waals surface area contributed by atoms with Crippen LogP contribution in [0.25, 0.3) is 0 Å². The van der Waals surface area contributed by atoms with Crippen LogP contribution in [0.3, 0.4) is 0 Å². The Labute approximate surface area is 118 Å². The summed E-state index contributed by atoms with van der Waals surface area (Å²) in [6.07, 6.45) is 2.13. The first-order chi connectivity index (χ1) is 9.61. The minimum Gasteiger partial charge on any atom is -0.487 e. The number of likely N-dealkylation sites (N-methyl/N-ethyl adjacent to an activating group) is 1. The molecule has 6 heteroatoms. The van der Waals surface area contributed by atoms with E-state index >= 15 is 0 Å². The maximum Gasteiger partial charge on any atom is 0.333 e. The number of nitro groups is 1. The van der Waals surface area contributed by atoms with E-state index in [4.69, 9.17) is 4.74 Å². The molecule has 1 aromatic carbocycles. The molecule has 0 bridgehead atoms. The van der Waals surface area contributed by atoms with Crippen LogP contribution in [0, 0.1) is 10.1 Å². The molecule has 2 rings (SSSR count). The fraction of sp³-hybridized carbons (Fsp3) is 0.571. The molecule has 0 spiro atoms. The summed E-state index contributed by atoms with van der Waals surface area (Å²) in [7, 11) is 2.07. The maximum absolute atomic E-state index is 11.3. The van der Waals surface area contributed by atoms with Crippen LogP contribution in [0.5, 0.6) is 5.75 Å². The van der Waals surface area contributed by atoms with Crippen molar-refractivity contribution in [1.29, 1.82) is 0 Å². The highest BCUT2D eigenvalue weighted by molar-refractivity contribution is 5.68. The van der Waals surface area contributed by atoms with Crippen molar-refractivity contribution in [2.24, 2.45) is 0 Å². The summed E-state index contributed by atoms with van der Waals surface area (Å²) in [6.45, 7) is 4.21. The number of nitrogens with one attached hydrogen (secondary N) is 1. The number of benzene rings is 1. The third-order valence-electron chi connectivity index (χ3n) is 3.47. The van der Waals surface area contributed by atoms with Crippen LogP contribution in [0.15, 0.2) is 18.2 Å². The number of ether oxygens (including phenoxy) is 1. The second kappa shape index (κ2) is 6.56. The van der Waals surface area contributed by atoms with Gasteiger partial charge in [0, 0.05) is 12.6 Å². The Balaban J connectivity index is 2.21. The molecule has 1 heterocycles. The number of hydrogen-bond acceptors (Lipinski definition) is 5. The zero-order valence-corrected chi connectivity index (χ0v) is 12.0. The highest BCUT2D eigenvalue weighted by Crippen LogP contribution is 2.35. The largest absolute Gasteiger partial charge is 0.487 e. The molecular formula is C14H21N3O3. The van der Waals surface area contributed by atoms with E-state index in [0.29, 0.717) is 18.0 Å². The Morgan fingerprint density at radius 3 is 3.00 bits per heavy atom. The minimum atomic E-state index is -0.375. The van der Waals surface area contributed by atoms with Gasteiger partial charge in [-0.25, -0.2) is 0 Å². The van der Waals surface area contributed by atoms with Crippen molar-refractivity contribution in [3.05, 3.63) is 28.3 Å². The van der Waals surface area contributed by atoms with Gasteiger partial charge in [-0.2, -0.15) is 0 Å². The number of likely N-dealkylation sites (tertiary alicyclic amines) is 1. The van der Waals surface area contributed by atoms with Gasteiger partial charge in [-0.3, -0.25) is 10.1 Å². The number of rotatable bonds is 5. The molecule has 1 saturated heterocycles. The Morgan fingerprint density at radius 1 is 1.55 bits per heavy atom. The van der Waals surface area contributed by atoms with E-state index in [1.807, 2.05) is 6.92 Å². The van der Waals surface area contributed by atoms with Crippen LogP contribution < -0.4 is 10.1 Å². The van der Waals surface area contributed by atoms with Crippen LogP contribution in [0.2, 0.25) is 0 Å². The van der Waals surface area contributed by atoms with E-state index in [2.05, 4.69) is 17.3 Å². The van der Waals surface area contributed by atoms with Crippen molar-refractivity contribution in [3.8, 4) is 5.75 Å². The molecule has 1 atom stereocenters. The summed E-state index contributed by atoms with van der Waals surface area (Å²) in [5.74, 6) is 0.326. The number of nitro benzene ring substituents is 1. The third kappa shape index (κ3) is 3.39. The summed E-state index contributed by atoms with van der Waals surface area (Å²) in [6, 6.07) is 5.41. The lowest BCUT2D eigenvalue weighted by atomic mass is 10.1. The molecule has 0 saturated carbocycles. The lowest BCUT2D eigenvalue weighted by Gasteiger charge is -2.30. The second-order valence-corrected chi connectivity index (χ2v) is 5.09. The van der Waals surface area contributed by atoms with Gasteiger partial charge in [-0.15, -0.1) is 0 Å². The summed E-state index contributed by atoms with van der Waals surface area (Å²) >= 11 is 0. The zero-order chi connectivity index (χ0) is 14.5. The number of anilines is 1. The first-order valence-electron chi connectivity index (χ1n) is 6.97. The average molecular weight is 279 g/mol. The molecule has 0 aromatic heterocycles. The van der Waals surface area contributed by atoms with Crippen molar-refractivity contribution < 1.29 is 9.66 Å². The predicted molar refractivity (Wildman–Crippen MR) is 78.4 cm³/mol. The molecule has 1 unspecified atom stereocenters. The van der Waals surface area contributed by atoms with Crippen molar-refractivity contribution in [3.63, 3.8) is 0 Å². The SMILES string of the molecule is CCOc1cccc(NC2CCCN(C)C2)c1[N+](=O)[O-]. The topological polar surface area (TPSA) is 67.6 Å². The molecule has 20 heavy (non-hydrogen) atoms. The maximum atomic E-state index is 11.3.